The van der Waals surface area contributed by atoms with Gasteiger partial charge in [0.1, 0.15) is 12.4 Å². The molecule has 0 amide bonds. The molecule has 0 aliphatic carbocycles. The first kappa shape index (κ1) is 18.8. The molecule has 148 valence electrons. The van der Waals surface area contributed by atoms with Gasteiger partial charge >= 0.3 is 0 Å². The highest BCUT2D eigenvalue weighted by Crippen LogP contribution is 2.24. The van der Waals surface area contributed by atoms with Crippen molar-refractivity contribution in [1.29, 1.82) is 0 Å². The van der Waals surface area contributed by atoms with Crippen molar-refractivity contribution >= 4 is 0 Å². The number of aromatic nitrogens is 5. The van der Waals surface area contributed by atoms with Crippen molar-refractivity contribution in [2.45, 2.75) is 39.3 Å². The highest BCUT2D eigenvalue weighted by Gasteiger charge is 2.22. The van der Waals surface area contributed by atoms with E-state index in [-0.39, 0.29) is 6.61 Å². The van der Waals surface area contributed by atoms with E-state index in [2.05, 4.69) is 45.3 Å². The van der Waals surface area contributed by atoms with E-state index in [0.717, 1.165) is 37.6 Å². The highest BCUT2D eigenvalue weighted by atomic mass is 16.3. The largest absolute Gasteiger partial charge is 0.388 e. The van der Waals surface area contributed by atoms with Crippen LogP contribution in [0.25, 0.3) is 5.69 Å². The van der Waals surface area contributed by atoms with Gasteiger partial charge in [0.25, 0.3) is 0 Å². The van der Waals surface area contributed by atoms with Crippen LogP contribution in [0.4, 0.5) is 0 Å². The lowest BCUT2D eigenvalue weighted by Gasteiger charge is -2.32. The molecule has 1 aliphatic rings. The van der Waals surface area contributed by atoms with Crippen LogP contribution >= 0.6 is 0 Å². The Bertz CT molecular complexity index is 909. The minimum Gasteiger partial charge on any atom is -0.388 e. The number of aliphatic hydroxyl groups is 1. The van der Waals surface area contributed by atoms with Gasteiger partial charge in [-0.3, -0.25) is 4.90 Å². The third kappa shape index (κ3) is 4.00. The molecule has 0 atom stereocenters. The lowest BCUT2D eigenvalue weighted by Crippen LogP contribution is -2.34. The number of piperidine rings is 1. The second-order valence-corrected chi connectivity index (χ2v) is 7.73. The molecule has 28 heavy (non-hydrogen) atoms. The van der Waals surface area contributed by atoms with Crippen LogP contribution in [0.15, 0.2) is 36.7 Å². The zero-order valence-corrected chi connectivity index (χ0v) is 16.6. The van der Waals surface area contributed by atoms with Gasteiger partial charge in [-0.15, -0.1) is 10.2 Å². The molecule has 1 saturated heterocycles. The first-order chi connectivity index (χ1) is 13.6. The third-order valence-electron chi connectivity index (χ3n) is 5.86. The van der Waals surface area contributed by atoms with Crippen LogP contribution in [-0.2, 0) is 26.6 Å². The molecule has 0 saturated carbocycles. The molecule has 7 heteroatoms. The summed E-state index contributed by atoms with van der Waals surface area (Å²) in [4.78, 5) is 2.54. The first-order valence-corrected chi connectivity index (χ1v) is 9.94. The standard InChI is InChI=1S/C21H28N6O/c1-16-12-19(27-9-3-8-22-27)5-4-18(16)14-26-10-6-17(7-11-26)13-20-23-24-21(15-28)25(20)2/h3-5,8-9,12,17,28H,6-7,10-11,13-15H2,1-2H3. The summed E-state index contributed by atoms with van der Waals surface area (Å²) < 4.78 is 3.83. The van der Waals surface area contributed by atoms with Gasteiger partial charge in [-0.1, -0.05) is 6.07 Å². The minimum atomic E-state index is -0.0551. The van der Waals surface area contributed by atoms with Crippen LogP contribution in [-0.4, -0.2) is 47.6 Å². The Balaban J connectivity index is 1.32. The number of benzene rings is 1. The maximum Gasteiger partial charge on any atom is 0.158 e. The second-order valence-electron chi connectivity index (χ2n) is 7.73. The van der Waals surface area contributed by atoms with Crippen molar-refractivity contribution in [2.24, 2.45) is 13.0 Å². The van der Waals surface area contributed by atoms with Crippen molar-refractivity contribution < 1.29 is 5.11 Å². The number of hydrogen-bond donors (Lipinski definition) is 1. The van der Waals surface area contributed by atoms with Crippen LogP contribution in [0.1, 0.15) is 35.6 Å². The predicted octanol–water partition coefficient (Wildman–Crippen LogP) is 2.26. The van der Waals surface area contributed by atoms with E-state index in [1.165, 1.54) is 24.0 Å². The summed E-state index contributed by atoms with van der Waals surface area (Å²) in [5, 5.41) is 21.9. The molecule has 0 spiro atoms. The molecular formula is C21H28N6O. The molecule has 4 rings (SSSR count). The van der Waals surface area contributed by atoms with E-state index >= 15 is 0 Å². The molecule has 2 aromatic heterocycles. The van der Waals surface area contributed by atoms with Gasteiger partial charge in [0, 0.05) is 32.4 Å². The summed E-state index contributed by atoms with van der Waals surface area (Å²) in [6.45, 7) is 5.34. The minimum absolute atomic E-state index is 0.0551. The summed E-state index contributed by atoms with van der Waals surface area (Å²) in [7, 11) is 1.94. The monoisotopic (exact) mass is 380 g/mol. The molecule has 7 nitrogen and oxygen atoms in total. The molecule has 1 N–H and O–H groups in total. The lowest BCUT2D eigenvalue weighted by atomic mass is 9.92. The fourth-order valence-electron chi connectivity index (χ4n) is 3.98. The SMILES string of the molecule is Cc1cc(-n2cccn2)ccc1CN1CCC(Cc2nnc(CO)n2C)CC1. The number of rotatable bonds is 6. The van der Waals surface area contributed by atoms with Crippen molar-refractivity contribution in [3.05, 3.63) is 59.4 Å². The quantitative estimate of drug-likeness (QED) is 0.710. The van der Waals surface area contributed by atoms with Crippen molar-refractivity contribution in [2.75, 3.05) is 13.1 Å². The Morgan fingerprint density at radius 1 is 1.14 bits per heavy atom. The molecule has 1 aliphatic heterocycles. The van der Waals surface area contributed by atoms with E-state index in [4.69, 9.17) is 0 Å². The van der Waals surface area contributed by atoms with Gasteiger partial charge < -0.3 is 9.67 Å². The van der Waals surface area contributed by atoms with Crippen LogP contribution < -0.4 is 0 Å². The number of hydrogen-bond acceptors (Lipinski definition) is 5. The Hall–Kier alpha value is -2.51. The summed E-state index contributed by atoms with van der Waals surface area (Å²) in [5.41, 5.74) is 3.80. The molecule has 0 radical (unpaired) electrons. The smallest absolute Gasteiger partial charge is 0.158 e. The fourth-order valence-corrected chi connectivity index (χ4v) is 3.98. The maximum atomic E-state index is 9.27. The topological polar surface area (TPSA) is 72.0 Å². The molecule has 1 aromatic carbocycles. The average molecular weight is 380 g/mol. The zero-order valence-electron chi connectivity index (χ0n) is 16.6. The van der Waals surface area contributed by atoms with E-state index in [1.807, 2.05) is 28.6 Å². The molecule has 0 unspecified atom stereocenters. The van der Waals surface area contributed by atoms with Crippen LogP contribution in [0.3, 0.4) is 0 Å². The maximum absolute atomic E-state index is 9.27. The molecule has 3 heterocycles. The predicted molar refractivity (Wildman–Crippen MR) is 107 cm³/mol. The fraction of sp³-hybridized carbons (Fsp3) is 0.476. The van der Waals surface area contributed by atoms with Gasteiger partial charge in [-0.05, 0) is 68.1 Å². The lowest BCUT2D eigenvalue weighted by molar-refractivity contribution is 0.175. The number of likely N-dealkylation sites (tertiary alicyclic amines) is 1. The van der Waals surface area contributed by atoms with Crippen molar-refractivity contribution in [1.82, 2.24) is 29.4 Å². The third-order valence-corrected chi connectivity index (χ3v) is 5.86. The second kappa shape index (κ2) is 8.24. The Labute approximate surface area is 165 Å². The van der Waals surface area contributed by atoms with Crippen LogP contribution in [0.5, 0.6) is 0 Å². The van der Waals surface area contributed by atoms with Gasteiger partial charge in [-0.2, -0.15) is 5.10 Å². The average Bonchev–Trinajstić information content (AvgIpc) is 3.36. The normalized spacial score (nSPS) is 16.0. The number of aryl methyl sites for hydroxylation is 1. The van der Waals surface area contributed by atoms with E-state index < -0.39 is 0 Å². The molecular weight excluding hydrogens is 352 g/mol. The summed E-state index contributed by atoms with van der Waals surface area (Å²) in [6, 6.07) is 8.53. The summed E-state index contributed by atoms with van der Waals surface area (Å²) in [5.74, 6) is 2.25. The van der Waals surface area contributed by atoms with E-state index in [1.54, 1.807) is 6.20 Å². The van der Waals surface area contributed by atoms with Crippen LogP contribution in [0.2, 0.25) is 0 Å². The number of aliphatic hydroxyl groups excluding tert-OH is 1. The molecule has 0 bridgehead atoms. The Kier molecular flexibility index (Phi) is 5.54. The summed E-state index contributed by atoms with van der Waals surface area (Å²) >= 11 is 0. The van der Waals surface area contributed by atoms with Gasteiger partial charge in [0.15, 0.2) is 5.82 Å². The summed E-state index contributed by atoms with van der Waals surface area (Å²) in [6.07, 6.45) is 7.06. The highest BCUT2D eigenvalue weighted by molar-refractivity contribution is 5.39. The molecule has 1 fully saturated rings. The first-order valence-electron chi connectivity index (χ1n) is 9.94. The van der Waals surface area contributed by atoms with Crippen molar-refractivity contribution in [3.63, 3.8) is 0 Å². The van der Waals surface area contributed by atoms with E-state index in [9.17, 15) is 5.11 Å². The zero-order chi connectivity index (χ0) is 19.5. The van der Waals surface area contributed by atoms with Gasteiger partial charge in [0.05, 0.1) is 5.69 Å². The Morgan fingerprint density at radius 3 is 2.57 bits per heavy atom. The van der Waals surface area contributed by atoms with E-state index in [0.29, 0.717) is 11.7 Å². The molecule has 3 aromatic rings. The van der Waals surface area contributed by atoms with Gasteiger partial charge in [-0.25, -0.2) is 4.68 Å². The van der Waals surface area contributed by atoms with Crippen molar-refractivity contribution in [3.8, 4) is 5.69 Å². The number of nitrogens with zero attached hydrogens (tertiary/aromatic N) is 6. The Morgan fingerprint density at radius 2 is 1.93 bits per heavy atom. The van der Waals surface area contributed by atoms with Crippen LogP contribution in [0, 0.1) is 12.8 Å². The van der Waals surface area contributed by atoms with Gasteiger partial charge in [0.2, 0.25) is 0 Å².